The molecule has 2 nitrogen and oxygen atoms in total. The molecule has 1 heterocycles. The number of aromatic nitrogens is 1. The van der Waals surface area contributed by atoms with Crippen LogP contribution in [0.1, 0.15) is 12.5 Å². The van der Waals surface area contributed by atoms with Gasteiger partial charge >= 0.3 is 0 Å². The van der Waals surface area contributed by atoms with Crippen molar-refractivity contribution in [3.05, 3.63) is 54.2 Å². The lowest BCUT2D eigenvalue weighted by molar-refractivity contribution is -0.679. The van der Waals surface area contributed by atoms with E-state index in [-0.39, 0.29) is 24.0 Å². The van der Waals surface area contributed by atoms with Crippen LogP contribution in [0.15, 0.2) is 48.7 Å². The summed E-state index contributed by atoms with van der Waals surface area (Å²) in [5.74, 6) is 1.12. The highest BCUT2D eigenvalue weighted by molar-refractivity contribution is 5.54. The highest BCUT2D eigenvalue weighted by atomic mass is 127. The Bertz CT molecular complexity index is 483. The molecule has 0 aliphatic carbocycles. The molecule has 0 fully saturated rings. The molecule has 0 aliphatic rings. The number of pyridine rings is 1. The lowest BCUT2D eigenvalue weighted by atomic mass is 10.2. The van der Waals surface area contributed by atoms with Crippen molar-refractivity contribution in [2.75, 3.05) is 5.32 Å². The summed E-state index contributed by atoms with van der Waals surface area (Å²) in [6.07, 6.45) is 2.08. The van der Waals surface area contributed by atoms with Crippen molar-refractivity contribution in [2.24, 2.45) is 0 Å². The second-order valence-corrected chi connectivity index (χ2v) is 3.87. The molecule has 3 heteroatoms. The SMILES string of the molecule is CC[n+]1ccccc1Nc1cccc(C)c1.[I-]. The lowest BCUT2D eigenvalue weighted by Crippen LogP contribution is -3.00. The van der Waals surface area contributed by atoms with Crippen molar-refractivity contribution in [1.29, 1.82) is 0 Å². The van der Waals surface area contributed by atoms with Gasteiger partial charge in [-0.2, -0.15) is 0 Å². The summed E-state index contributed by atoms with van der Waals surface area (Å²) in [4.78, 5) is 0. The van der Waals surface area contributed by atoms with Crippen molar-refractivity contribution in [3.63, 3.8) is 0 Å². The fourth-order valence-corrected chi connectivity index (χ4v) is 1.74. The topological polar surface area (TPSA) is 15.9 Å². The summed E-state index contributed by atoms with van der Waals surface area (Å²) in [7, 11) is 0. The molecule has 1 aromatic carbocycles. The van der Waals surface area contributed by atoms with Crippen LogP contribution in [0.3, 0.4) is 0 Å². The smallest absolute Gasteiger partial charge is 0.279 e. The molecule has 0 unspecified atom stereocenters. The Balaban J connectivity index is 0.00000144. The second kappa shape index (κ2) is 6.59. The molecular weight excluding hydrogens is 323 g/mol. The molecule has 0 radical (unpaired) electrons. The summed E-state index contributed by atoms with van der Waals surface area (Å²) in [6.45, 7) is 5.21. The van der Waals surface area contributed by atoms with Crippen molar-refractivity contribution in [2.45, 2.75) is 20.4 Å². The quantitative estimate of drug-likeness (QED) is 0.617. The Morgan fingerprint density at radius 3 is 2.65 bits per heavy atom. The molecule has 0 saturated heterocycles. The van der Waals surface area contributed by atoms with Gasteiger partial charge in [-0.25, -0.2) is 9.88 Å². The van der Waals surface area contributed by atoms with Gasteiger partial charge in [0, 0.05) is 6.07 Å². The molecule has 0 amide bonds. The van der Waals surface area contributed by atoms with Crippen molar-refractivity contribution < 1.29 is 28.5 Å². The zero-order chi connectivity index (χ0) is 11.4. The molecular formula is C14H17IN2. The van der Waals surface area contributed by atoms with Crippen LogP contribution in [0.4, 0.5) is 11.5 Å². The number of hydrogen-bond donors (Lipinski definition) is 1. The first-order chi connectivity index (χ1) is 7.79. The van der Waals surface area contributed by atoms with Gasteiger partial charge in [-0.1, -0.05) is 18.2 Å². The van der Waals surface area contributed by atoms with Crippen LogP contribution in [0.25, 0.3) is 0 Å². The number of nitrogens with one attached hydrogen (secondary N) is 1. The average Bonchev–Trinajstić information content (AvgIpc) is 2.30. The molecule has 90 valence electrons. The van der Waals surface area contributed by atoms with E-state index in [1.807, 2.05) is 12.1 Å². The third kappa shape index (κ3) is 3.70. The molecule has 2 aromatic rings. The molecule has 0 spiro atoms. The van der Waals surface area contributed by atoms with Crippen molar-refractivity contribution in [3.8, 4) is 0 Å². The molecule has 0 bridgehead atoms. The van der Waals surface area contributed by atoms with Crippen LogP contribution in [0, 0.1) is 6.92 Å². The number of rotatable bonds is 3. The number of benzene rings is 1. The normalized spacial score (nSPS) is 9.53. The summed E-state index contributed by atoms with van der Waals surface area (Å²) in [5, 5.41) is 3.43. The molecule has 0 aliphatic heterocycles. The standard InChI is InChI=1S/C14H16N2.HI/c1-3-16-10-5-4-9-14(16)15-13-8-6-7-12(2)11-13;/h4-11H,3H2,1-2H3;1H. The van der Waals surface area contributed by atoms with Crippen molar-refractivity contribution >= 4 is 11.5 Å². The van der Waals surface area contributed by atoms with E-state index >= 15 is 0 Å². The van der Waals surface area contributed by atoms with Crippen LogP contribution in [-0.4, -0.2) is 0 Å². The Hall–Kier alpha value is -1.10. The maximum atomic E-state index is 3.43. The molecule has 0 saturated carbocycles. The van der Waals surface area contributed by atoms with Gasteiger partial charge in [-0.05, 0) is 37.6 Å². The average molecular weight is 340 g/mol. The van der Waals surface area contributed by atoms with E-state index in [0.717, 1.165) is 18.1 Å². The third-order valence-corrected chi connectivity index (χ3v) is 2.57. The van der Waals surface area contributed by atoms with Crippen LogP contribution >= 0.6 is 0 Å². The van der Waals surface area contributed by atoms with Crippen LogP contribution in [0.5, 0.6) is 0 Å². The Labute approximate surface area is 120 Å². The summed E-state index contributed by atoms with van der Waals surface area (Å²) >= 11 is 0. The van der Waals surface area contributed by atoms with Crippen molar-refractivity contribution in [1.82, 2.24) is 0 Å². The zero-order valence-electron chi connectivity index (χ0n) is 10.2. The van der Waals surface area contributed by atoms with Gasteiger partial charge in [-0.15, -0.1) is 0 Å². The van der Waals surface area contributed by atoms with Gasteiger partial charge in [-0.3, -0.25) is 0 Å². The van der Waals surface area contributed by atoms with Gasteiger partial charge in [0.05, 0.1) is 12.7 Å². The monoisotopic (exact) mass is 340 g/mol. The third-order valence-electron chi connectivity index (χ3n) is 2.57. The molecule has 0 atom stereocenters. The van der Waals surface area contributed by atoms with Gasteiger partial charge in [0.2, 0.25) is 0 Å². The van der Waals surface area contributed by atoms with Gasteiger partial charge in [0.15, 0.2) is 0 Å². The number of halogens is 1. The minimum atomic E-state index is 0. The van der Waals surface area contributed by atoms with E-state index in [1.54, 1.807) is 0 Å². The van der Waals surface area contributed by atoms with E-state index in [2.05, 4.69) is 60.3 Å². The van der Waals surface area contributed by atoms with Crippen LogP contribution < -0.4 is 33.9 Å². The first-order valence-corrected chi connectivity index (χ1v) is 5.62. The van der Waals surface area contributed by atoms with E-state index in [4.69, 9.17) is 0 Å². The molecule has 17 heavy (non-hydrogen) atoms. The minimum absolute atomic E-state index is 0. The lowest BCUT2D eigenvalue weighted by Gasteiger charge is -2.04. The fraction of sp³-hybridized carbons (Fsp3) is 0.214. The summed E-state index contributed by atoms with van der Waals surface area (Å²) in [6, 6.07) is 14.6. The fourth-order valence-electron chi connectivity index (χ4n) is 1.74. The Morgan fingerprint density at radius 1 is 1.12 bits per heavy atom. The first-order valence-electron chi connectivity index (χ1n) is 5.62. The van der Waals surface area contributed by atoms with E-state index < -0.39 is 0 Å². The predicted octanol–water partition coefficient (Wildman–Crippen LogP) is 0.0500. The number of hydrogen-bond acceptors (Lipinski definition) is 1. The van der Waals surface area contributed by atoms with Gasteiger partial charge in [0.1, 0.15) is 5.69 Å². The summed E-state index contributed by atoms with van der Waals surface area (Å²) in [5.41, 5.74) is 2.40. The highest BCUT2D eigenvalue weighted by Crippen LogP contribution is 2.14. The van der Waals surface area contributed by atoms with E-state index in [0.29, 0.717) is 0 Å². The maximum Gasteiger partial charge on any atom is 0.279 e. The van der Waals surface area contributed by atoms with E-state index in [1.165, 1.54) is 5.56 Å². The largest absolute Gasteiger partial charge is 1.00 e. The Kier molecular flexibility index (Phi) is 5.41. The predicted molar refractivity (Wildman–Crippen MR) is 66.8 cm³/mol. The summed E-state index contributed by atoms with van der Waals surface area (Å²) < 4.78 is 2.18. The van der Waals surface area contributed by atoms with Crippen LogP contribution in [0.2, 0.25) is 0 Å². The second-order valence-electron chi connectivity index (χ2n) is 3.87. The Morgan fingerprint density at radius 2 is 1.94 bits per heavy atom. The van der Waals surface area contributed by atoms with Gasteiger partial charge < -0.3 is 24.0 Å². The highest BCUT2D eigenvalue weighted by Gasteiger charge is 2.06. The van der Waals surface area contributed by atoms with Gasteiger partial charge in [0.25, 0.3) is 5.82 Å². The number of anilines is 2. The number of aryl methyl sites for hydroxylation is 2. The molecule has 1 N–H and O–H groups in total. The minimum Gasteiger partial charge on any atom is -1.00 e. The number of nitrogens with zero attached hydrogens (tertiary/aromatic N) is 1. The maximum absolute atomic E-state index is 3.43. The van der Waals surface area contributed by atoms with E-state index in [9.17, 15) is 0 Å². The molecule has 1 aromatic heterocycles. The molecule has 2 rings (SSSR count). The first kappa shape index (κ1) is 14.0. The van der Waals surface area contributed by atoms with Crippen LogP contribution in [-0.2, 0) is 6.54 Å². The zero-order valence-corrected chi connectivity index (χ0v) is 12.3.